The van der Waals surface area contributed by atoms with Crippen LogP contribution in [0.3, 0.4) is 0 Å². The predicted octanol–water partition coefficient (Wildman–Crippen LogP) is 2.15. The molecule has 0 radical (unpaired) electrons. The Morgan fingerprint density at radius 3 is 3.17 bits per heavy atom. The van der Waals surface area contributed by atoms with Crippen molar-refractivity contribution in [3.05, 3.63) is 17.5 Å². The molecule has 0 aliphatic carbocycles. The van der Waals surface area contributed by atoms with Gasteiger partial charge < -0.3 is 5.32 Å². The quantitative estimate of drug-likeness (QED) is 0.824. The fourth-order valence-electron chi connectivity index (χ4n) is 1.35. The van der Waals surface area contributed by atoms with Gasteiger partial charge in [-0.1, -0.05) is 17.8 Å². The summed E-state index contributed by atoms with van der Waals surface area (Å²) in [6.07, 6.45) is 0. The molecule has 7 heteroatoms. The monoisotopic (exact) mass is 282 g/mol. The molecular formula is C11H14N4OS2. The lowest BCUT2D eigenvalue weighted by molar-refractivity contribution is -0.120. The maximum atomic E-state index is 11.6. The number of carbonyl (C=O) groups excluding carboxylic acids is 1. The summed E-state index contributed by atoms with van der Waals surface area (Å²) < 4.78 is 0. The van der Waals surface area contributed by atoms with Gasteiger partial charge in [0.15, 0.2) is 5.82 Å². The lowest BCUT2D eigenvalue weighted by Crippen LogP contribution is -2.30. The van der Waals surface area contributed by atoms with Crippen LogP contribution in [0.1, 0.15) is 13.8 Å². The Morgan fingerprint density at radius 2 is 2.50 bits per heavy atom. The molecule has 1 atom stereocenters. The number of aromatic amines is 1. The zero-order valence-electron chi connectivity index (χ0n) is 10.1. The third kappa shape index (κ3) is 3.11. The van der Waals surface area contributed by atoms with E-state index in [9.17, 15) is 4.79 Å². The number of H-pyrrole nitrogens is 1. The molecule has 0 saturated heterocycles. The van der Waals surface area contributed by atoms with Crippen LogP contribution in [-0.4, -0.2) is 32.9 Å². The van der Waals surface area contributed by atoms with Crippen molar-refractivity contribution in [2.45, 2.75) is 24.3 Å². The van der Waals surface area contributed by atoms with Crippen LogP contribution in [0.25, 0.3) is 10.7 Å². The lowest BCUT2D eigenvalue weighted by atomic mass is 10.4. The van der Waals surface area contributed by atoms with Gasteiger partial charge in [0.25, 0.3) is 0 Å². The van der Waals surface area contributed by atoms with Gasteiger partial charge in [0, 0.05) is 6.54 Å². The SMILES string of the molecule is CCNC(=O)[C@H](C)Sc1n[nH]c(-c2cccs2)n1. The highest BCUT2D eigenvalue weighted by Gasteiger charge is 2.16. The van der Waals surface area contributed by atoms with E-state index in [0.717, 1.165) is 10.7 Å². The standard InChI is InChI=1S/C11H14N4OS2/c1-3-12-10(16)7(2)18-11-13-9(14-15-11)8-5-4-6-17-8/h4-7H,3H2,1-2H3,(H,12,16)(H,13,14,15)/t7-/m0/s1. The van der Waals surface area contributed by atoms with Gasteiger partial charge in [0.1, 0.15) is 0 Å². The summed E-state index contributed by atoms with van der Waals surface area (Å²) >= 11 is 2.95. The Hall–Kier alpha value is -1.34. The third-order valence-electron chi connectivity index (χ3n) is 2.22. The fourth-order valence-corrected chi connectivity index (χ4v) is 2.76. The van der Waals surface area contributed by atoms with Crippen molar-refractivity contribution in [1.82, 2.24) is 20.5 Å². The van der Waals surface area contributed by atoms with Gasteiger partial charge in [-0.2, -0.15) is 0 Å². The van der Waals surface area contributed by atoms with Crippen LogP contribution < -0.4 is 5.32 Å². The molecule has 0 spiro atoms. The Balaban J connectivity index is 2.01. The number of carbonyl (C=O) groups is 1. The zero-order valence-corrected chi connectivity index (χ0v) is 11.8. The van der Waals surface area contributed by atoms with Crippen molar-refractivity contribution < 1.29 is 4.79 Å². The van der Waals surface area contributed by atoms with Crippen LogP contribution in [0.5, 0.6) is 0 Å². The minimum absolute atomic E-state index is 0.00461. The van der Waals surface area contributed by atoms with Crippen molar-refractivity contribution >= 4 is 29.0 Å². The number of nitrogens with zero attached hydrogens (tertiary/aromatic N) is 2. The molecule has 0 fully saturated rings. The molecule has 2 N–H and O–H groups in total. The van der Waals surface area contributed by atoms with Gasteiger partial charge in [-0.15, -0.1) is 16.4 Å². The maximum absolute atomic E-state index is 11.6. The Bertz CT molecular complexity index is 509. The van der Waals surface area contributed by atoms with E-state index >= 15 is 0 Å². The highest BCUT2D eigenvalue weighted by molar-refractivity contribution is 8.00. The van der Waals surface area contributed by atoms with Crippen LogP contribution in [0.15, 0.2) is 22.7 Å². The highest BCUT2D eigenvalue weighted by atomic mass is 32.2. The summed E-state index contributed by atoms with van der Waals surface area (Å²) in [6.45, 7) is 4.38. The van der Waals surface area contributed by atoms with E-state index in [-0.39, 0.29) is 11.2 Å². The van der Waals surface area contributed by atoms with Gasteiger partial charge in [0.2, 0.25) is 11.1 Å². The first-order chi connectivity index (χ1) is 8.70. The normalized spacial score (nSPS) is 12.3. The molecule has 0 aliphatic heterocycles. The second kappa shape index (κ2) is 6.01. The van der Waals surface area contributed by atoms with Gasteiger partial charge >= 0.3 is 0 Å². The maximum Gasteiger partial charge on any atom is 0.233 e. The number of nitrogens with one attached hydrogen (secondary N) is 2. The largest absolute Gasteiger partial charge is 0.355 e. The van der Waals surface area contributed by atoms with Gasteiger partial charge in [-0.25, -0.2) is 4.98 Å². The first-order valence-electron chi connectivity index (χ1n) is 5.61. The summed E-state index contributed by atoms with van der Waals surface area (Å²) in [7, 11) is 0. The number of hydrogen-bond acceptors (Lipinski definition) is 5. The molecule has 2 rings (SSSR count). The molecule has 0 bridgehead atoms. The molecule has 96 valence electrons. The lowest BCUT2D eigenvalue weighted by Gasteiger charge is -2.07. The van der Waals surface area contributed by atoms with Crippen molar-refractivity contribution in [1.29, 1.82) is 0 Å². The van der Waals surface area contributed by atoms with Crippen molar-refractivity contribution in [3.63, 3.8) is 0 Å². The van der Waals surface area contributed by atoms with E-state index in [1.54, 1.807) is 11.3 Å². The molecule has 1 amide bonds. The molecule has 2 aromatic rings. The van der Waals surface area contributed by atoms with E-state index in [1.165, 1.54) is 11.8 Å². The average molecular weight is 282 g/mol. The van der Waals surface area contributed by atoms with Crippen molar-refractivity contribution in [2.75, 3.05) is 6.54 Å². The second-order valence-electron chi connectivity index (χ2n) is 3.60. The summed E-state index contributed by atoms with van der Waals surface area (Å²) in [6, 6.07) is 3.94. The van der Waals surface area contributed by atoms with E-state index in [0.29, 0.717) is 11.7 Å². The fraction of sp³-hybridized carbons (Fsp3) is 0.364. The molecule has 0 aliphatic rings. The number of thiophene rings is 1. The predicted molar refractivity (Wildman–Crippen MR) is 73.7 cm³/mol. The van der Waals surface area contributed by atoms with Crippen LogP contribution in [-0.2, 0) is 4.79 Å². The van der Waals surface area contributed by atoms with E-state index < -0.39 is 0 Å². The van der Waals surface area contributed by atoms with E-state index in [2.05, 4.69) is 20.5 Å². The number of thioether (sulfide) groups is 1. The van der Waals surface area contributed by atoms with E-state index in [1.807, 2.05) is 31.4 Å². The topological polar surface area (TPSA) is 70.7 Å². The van der Waals surface area contributed by atoms with Crippen LogP contribution in [0.2, 0.25) is 0 Å². The van der Waals surface area contributed by atoms with Crippen molar-refractivity contribution in [2.24, 2.45) is 0 Å². The Labute approximate surface area is 113 Å². The van der Waals surface area contributed by atoms with Crippen LogP contribution in [0, 0.1) is 0 Å². The molecule has 2 aromatic heterocycles. The minimum atomic E-state index is -0.197. The van der Waals surface area contributed by atoms with Crippen molar-refractivity contribution in [3.8, 4) is 10.7 Å². The number of hydrogen-bond donors (Lipinski definition) is 2. The first-order valence-corrected chi connectivity index (χ1v) is 7.37. The smallest absolute Gasteiger partial charge is 0.233 e. The summed E-state index contributed by atoms with van der Waals surface area (Å²) in [5.74, 6) is 0.751. The first kappa shape index (κ1) is 13.1. The van der Waals surface area contributed by atoms with Gasteiger partial charge in [-0.05, 0) is 25.3 Å². The average Bonchev–Trinajstić information content (AvgIpc) is 2.98. The van der Waals surface area contributed by atoms with Crippen LogP contribution in [0.4, 0.5) is 0 Å². The molecule has 5 nitrogen and oxygen atoms in total. The second-order valence-corrected chi connectivity index (χ2v) is 5.85. The summed E-state index contributed by atoms with van der Waals surface area (Å²) in [5.41, 5.74) is 0. The summed E-state index contributed by atoms with van der Waals surface area (Å²) in [5, 5.41) is 12.2. The molecule has 2 heterocycles. The molecular weight excluding hydrogens is 268 g/mol. The van der Waals surface area contributed by atoms with Gasteiger partial charge in [0.05, 0.1) is 10.1 Å². The zero-order chi connectivity index (χ0) is 13.0. The Morgan fingerprint density at radius 1 is 1.67 bits per heavy atom. The van der Waals surface area contributed by atoms with Gasteiger partial charge in [-0.3, -0.25) is 9.89 Å². The summed E-state index contributed by atoms with van der Waals surface area (Å²) in [4.78, 5) is 17.0. The van der Waals surface area contributed by atoms with Crippen LogP contribution >= 0.6 is 23.1 Å². The number of aromatic nitrogens is 3. The van der Waals surface area contributed by atoms with E-state index in [4.69, 9.17) is 0 Å². The Kier molecular flexibility index (Phi) is 4.38. The molecule has 0 aromatic carbocycles. The molecule has 0 saturated carbocycles. The third-order valence-corrected chi connectivity index (χ3v) is 4.06. The number of rotatable bonds is 5. The number of amides is 1. The minimum Gasteiger partial charge on any atom is -0.355 e. The molecule has 0 unspecified atom stereocenters. The molecule has 18 heavy (non-hydrogen) atoms. The highest BCUT2D eigenvalue weighted by Crippen LogP contribution is 2.25.